The van der Waals surface area contributed by atoms with E-state index in [1.54, 1.807) is 12.1 Å². The Bertz CT molecular complexity index is 676. The minimum Gasteiger partial charge on any atom is -0.508 e. The molecule has 1 aliphatic rings. The molecule has 3 N–H and O–H groups in total. The van der Waals surface area contributed by atoms with Crippen LogP contribution in [0.4, 0.5) is 5.69 Å². The maximum absolute atomic E-state index is 12.4. The Kier molecular flexibility index (Phi) is 5.49. The highest BCUT2D eigenvalue weighted by atomic mass is 16.3. The lowest BCUT2D eigenvalue weighted by Gasteiger charge is -2.23. The number of anilines is 1. The van der Waals surface area contributed by atoms with Gasteiger partial charge < -0.3 is 15.7 Å². The molecule has 2 aromatic rings. The van der Waals surface area contributed by atoms with Crippen molar-refractivity contribution < 1.29 is 9.90 Å². The molecule has 4 heteroatoms. The lowest BCUT2D eigenvalue weighted by atomic mass is 9.97. The fourth-order valence-corrected chi connectivity index (χ4v) is 3.17. The largest absolute Gasteiger partial charge is 0.508 e. The lowest BCUT2D eigenvalue weighted by molar-refractivity contribution is 0.102. The SMILES string of the molecule is O=C(Nc1ccccc1CC[C@@H]1CCCCN1)c1ccc(O)cc1. The molecule has 126 valence electrons. The summed E-state index contributed by atoms with van der Waals surface area (Å²) in [5.41, 5.74) is 2.57. The molecule has 0 bridgehead atoms. The van der Waals surface area contributed by atoms with Crippen LogP contribution in [0.1, 0.15) is 41.6 Å². The second kappa shape index (κ2) is 7.97. The number of hydrogen-bond acceptors (Lipinski definition) is 3. The maximum Gasteiger partial charge on any atom is 0.255 e. The third-order valence-corrected chi connectivity index (χ3v) is 4.57. The van der Waals surface area contributed by atoms with Gasteiger partial charge >= 0.3 is 0 Å². The van der Waals surface area contributed by atoms with Gasteiger partial charge in [0.25, 0.3) is 5.91 Å². The smallest absolute Gasteiger partial charge is 0.255 e. The Balaban J connectivity index is 1.64. The number of carbonyl (C=O) groups is 1. The van der Waals surface area contributed by atoms with Gasteiger partial charge in [0.2, 0.25) is 0 Å². The Morgan fingerprint density at radius 3 is 2.67 bits per heavy atom. The number of nitrogens with one attached hydrogen (secondary N) is 2. The molecule has 0 radical (unpaired) electrons. The Morgan fingerprint density at radius 2 is 1.92 bits per heavy atom. The third-order valence-electron chi connectivity index (χ3n) is 4.57. The van der Waals surface area contributed by atoms with E-state index in [4.69, 9.17) is 0 Å². The van der Waals surface area contributed by atoms with E-state index in [1.807, 2.05) is 18.2 Å². The quantitative estimate of drug-likeness (QED) is 0.785. The van der Waals surface area contributed by atoms with E-state index in [2.05, 4.69) is 16.7 Å². The van der Waals surface area contributed by atoms with Gasteiger partial charge in [0, 0.05) is 17.3 Å². The molecule has 0 spiro atoms. The number of aryl methyl sites for hydroxylation is 1. The summed E-state index contributed by atoms with van der Waals surface area (Å²) in [6.45, 7) is 1.11. The van der Waals surface area contributed by atoms with Crippen LogP contribution in [0.5, 0.6) is 5.75 Å². The number of phenolic OH excluding ortho intramolecular Hbond substituents is 1. The van der Waals surface area contributed by atoms with Gasteiger partial charge in [0.15, 0.2) is 0 Å². The van der Waals surface area contributed by atoms with Crippen molar-refractivity contribution in [3.05, 3.63) is 59.7 Å². The molecule has 1 amide bonds. The zero-order chi connectivity index (χ0) is 16.8. The topological polar surface area (TPSA) is 61.4 Å². The normalized spacial score (nSPS) is 17.4. The number of phenols is 1. The van der Waals surface area contributed by atoms with Crippen LogP contribution in [0.2, 0.25) is 0 Å². The van der Waals surface area contributed by atoms with Gasteiger partial charge in [-0.3, -0.25) is 4.79 Å². The second-order valence-electron chi connectivity index (χ2n) is 6.34. The predicted molar refractivity (Wildman–Crippen MR) is 96.5 cm³/mol. The number of rotatable bonds is 5. The number of para-hydroxylation sites is 1. The van der Waals surface area contributed by atoms with Gasteiger partial charge in [-0.15, -0.1) is 0 Å². The van der Waals surface area contributed by atoms with E-state index < -0.39 is 0 Å². The summed E-state index contributed by atoms with van der Waals surface area (Å²) in [6, 6.07) is 14.9. The molecule has 0 aliphatic carbocycles. The van der Waals surface area contributed by atoms with Gasteiger partial charge in [-0.2, -0.15) is 0 Å². The van der Waals surface area contributed by atoms with Gasteiger partial charge in [-0.25, -0.2) is 0 Å². The number of hydrogen-bond donors (Lipinski definition) is 3. The van der Waals surface area contributed by atoms with E-state index in [0.29, 0.717) is 11.6 Å². The average molecular weight is 324 g/mol. The summed E-state index contributed by atoms with van der Waals surface area (Å²) in [5, 5.41) is 15.9. The van der Waals surface area contributed by atoms with Crippen molar-refractivity contribution in [3.8, 4) is 5.75 Å². The summed E-state index contributed by atoms with van der Waals surface area (Å²) >= 11 is 0. The van der Waals surface area contributed by atoms with Crippen molar-refractivity contribution in [2.75, 3.05) is 11.9 Å². The van der Waals surface area contributed by atoms with Gasteiger partial charge in [-0.1, -0.05) is 24.6 Å². The zero-order valence-electron chi connectivity index (χ0n) is 13.8. The van der Waals surface area contributed by atoms with E-state index >= 15 is 0 Å². The molecule has 1 saturated heterocycles. The van der Waals surface area contributed by atoms with Crippen molar-refractivity contribution in [2.45, 2.75) is 38.1 Å². The summed E-state index contributed by atoms with van der Waals surface area (Å²) in [4.78, 5) is 12.4. The van der Waals surface area contributed by atoms with Crippen LogP contribution >= 0.6 is 0 Å². The van der Waals surface area contributed by atoms with Gasteiger partial charge in [-0.05, 0) is 68.1 Å². The first kappa shape index (κ1) is 16.5. The van der Waals surface area contributed by atoms with Crippen LogP contribution in [0.25, 0.3) is 0 Å². The molecule has 0 aromatic heterocycles. The first-order valence-electron chi connectivity index (χ1n) is 8.64. The van der Waals surface area contributed by atoms with Crippen molar-refractivity contribution in [1.82, 2.24) is 5.32 Å². The average Bonchev–Trinajstić information content (AvgIpc) is 2.62. The number of aromatic hydroxyl groups is 1. The van der Waals surface area contributed by atoms with Crippen LogP contribution in [-0.4, -0.2) is 23.6 Å². The summed E-state index contributed by atoms with van der Waals surface area (Å²) in [5.74, 6) is 0.00479. The second-order valence-corrected chi connectivity index (χ2v) is 6.34. The van der Waals surface area contributed by atoms with E-state index in [9.17, 15) is 9.90 Å². The van der Waals surface area contributed by atoms with E-state index in [0.717, 1.165) is 30.6 Å². The molecular weight excluding hydrogens is 300 g/mol. The lowest BCUT2D eigenvalue weighted by Crippen LogP contribution is -2.34. The number of piperidine rings is 1. The molecule has 24 heavy (non-hydrogen) atoms. The highest BCUT2D eigenvalue weighted by molar-refractivity contribution is 6.04. The van der Waals surface area contributed by atoms with Crippen LogP contribution in [0.3, 0.4) is 0 Å². The van der Waals surface area contributed by atoms with Crippen LogP contribution in [0, 0.1) is 0 Å². The first-order chi connectivity index (χ1) is 11.7. The molecule has 2 aromatic carbocycles. The van der Waals surface area contributed by atoms with E-state index in [-0.39, 0.29) is 11.7 Å². The Morgan fingerprint density at radius 1 is 1.12 bits per heavy atom. The minimum absolute atomic E-state index is 0.154. The van der Waals surface area contributed by atoms with Crippen LogP contribution in [0.15, 0.2) is 48.5 Å². The molecular formula is C20H24N2O2. The highest BCUT2D eigenvalue weighted by Crippen LogP contribution is 2.21. The monoisotopic (exact) mass is 324 g/mol. The van der Waals surface area contributed by atoms with Crippen molar-refractivity contribution in [3.63, 3.8) is 0 Å². The van der Waals surface area contributed by atoms with Gasteiger partial charge in [0.05, 0.1) is 0 Å². The summed E-state index contributed by atoms with van der Waals surface area (Å²) in [7, 11) is 0. The number of amides is 1. The Labute approximate surface area is 142 Å². The summed E-state index contributed by atoms with van der Waals surface area (Å²) < 4.78 is 0. The van der Waals surface area contributed by atoms with Crippen LogP contribution < -0.4 is 10.6 Å². The minimum atomic E-state index is -0.154. The van der Waals surface area contributed by atoms with Crippen molar-refractivity contribution >= 4 is 11.6 Å². The molecule has 0 unspecified atom stereocenters. The standard InChI is InChI=1S/C20H24N2O2/c23-18-12-9-16(10-13-18)20(24)22-19-7-2-1-5-15(19)8-11-17-6-3-4-14-21-17/h1-2,5,7,9-10,12-13,17,21,23H,3-4,6,8,11,14H2,(H,22,24)/t17-/m0/s1. The van der Waals surface area contributed by atoms with Crippen molar-refractivity contribution in [2.24, 2.45) is 0 Å². The molecule has 1 aliphatic heterocycles. The first-order valence-corrected chi connectivity index (χ1v) is 8.64. The van der Waals surface area contributed by atoms with E-state index in [1.165, 1.54) is 31.4 Å². The van der Waals surface area contributed by atoms with Crippen molar-refractivity contribution in [1.29, 1.82) is 0 Å². The third kappa shape index (κ3) is 4.36. The van der Waals surface area contributed by atoms with Crippen LogP contribution in [-0.2, 0) is 6.42 Å². The number of benzene rings is 2. The molecule has 3 rings (SSSR count). The molecule has 4 nitrogen and oxygen atoms in total. The maximum atomic E-state index is 12.4. The molecule has 1 fully saturated rings. The molecule has 1 atom stereocenters. The highest BCUT2D eigenvalue weighted by Gasteiger charge is 2.14. The zero-order valence-corrected chi connectivity index (χ0v) is 13.8. The fraction of sp³-hybridized carbons (Fsp3) is 0.350. The molecule has 1 heterocycles. The van der Waals surface area contributed by atoms with Gasteiger partial charge in [0.1, 0.15) is 5.75 Å². The fourth-order valence-electron chi connectivity index (χ4n) is 3.17. The Hall–Kier alpha value is -2.33. The predicted octanol–water partition coefficient (Wildman–Crippen LogP) is 3.72. The summed E-state index contributed by atoms with van der Waals surface area (Å²) in [6.07, 6.45) is 5.85. The molecule has 0 saturated carbocycles. The number of carbonyl (C=O) groups excluding carboxylic acids is 1.